The predicted octanol–water partition coefficient (Wildman–Crippen LogP) is 18.8. The van der Waals surface area contributed by atoms with Gasteiger partial charge >= 0.3 is 0 Å². The van der Waals surface area contributed by atoms with Crippen molar-refractivity contribution in [3.63, 3.8) is 0 Å². The fourth-order valence-corrected chi connectivity index (χ4v) is 14.0. The highest BCUT2D eigenvalue weighted by atomic mass is 15.1. The van der Waals surface area contributed by atoms with Crippen LogP contribution < -0.4 is 4.90 Å². The van der Waals surface area contributed by atoms with Gasteiger partial charge < -0.3 is 19.0 Å². The van der Waals surface area contributed by atoms with Crippen molar-refractivity contribution in [1.82, 2.24) is 14.1 Å². The number of nitrogens with zero attached hydrogens (tertiary/aromatic N) is 3. The van der Waals surface area contributed by atoms with Crippen LogP contribution in [0, 0.1) is 12.3 Å². The van der Waals surface area contributed by atoms with E-state index in [1.54, 1.807) is 0 Å². The van der Waals surface area contributed by atoms with Crippen LogP contribution in [0.2, 0.25) is 0 Å². The van der Waals surface area contributed by atoms with E-state index in [9.17, 15) is 0 Å². The number of H-pyrrole nitrogens is 1. The SMILES string of the molecule is C#C/C=C\C1=C(C)C2(c3cc(-n4c5ccccc5c5ccccc54)ccc31)c1cc(N3Cc4ccccc4-c4ccccc43)ccc1-c1ccc(-n3c4ccccc4c4ccccc43)cc12.c1ccc2c(c1)[nH]c1ccccc12. The van der Waals surface area contributed by atoms with Gasteiger partial charge in [0.25, 0.3) is 0 Å². The van der Waals surface area contributed by atoms with Crippen LogP contribution >= 0.6 is 0 Å². The van der Waals surface area contributed by atoms with E-state index in [-0.39, 0.29) is 0 Å². The summed E-state index contributed by atoms with van der Waals surface area (Å²) in [7, 11) is 0. The zero-order chi connectivity index (χ0) is 52.3. The maximum Gasteiger partial charge on any atom is 0.0688 e. The molecule has 0 amide bonds. The Labute approximate surface area is 458 Å². The molecule has 3 aliphatic rings. The van der Waals surface area contributed by atoms with Gasteiger partial charge in [0.2, 0.25) is 0 Å². The lowest BCUT2D eigenvalue weighted by Crippen LogP contribution is -2.27. The molecule has 4 heteroatoms. The summed E-state index contributed by atoms with van der Waals surface area (Å²) in [6.07, 6.45) is 10.1. The van der Waals surface area contributed by atoms with E-state index in [1.165, 1.54) is 138 Å². The molecule has 0 saturated heterocycles. The van der Waals surface area contributed by atoms with Gasteiger partial charge in [-0.15, -0.1) is 6.42 Å². The summed E-state index contributed by atoms with van der Waals surface area (Å²) >= 11 is 0. The van der Waals surface area contributed by atoms with Crippen LogP contribution in [0.25, 0.3) is 105 Å². The van der Waals surface area contributed by atoms with E-state index in [4.69, 9.17) is 6.42 Å². The lowest BCUT2D eigenvalue weighted by Gasteiger charge is -2.35. The van der Waals surface area contributed by atoms with Crippen LogP contribution in [0.1, 0.15) is 34.7 Å². The van der Waals surface area contributed by atoms with Gasteiger partial charge in [-0.25, -0.2) is 0 Å². The van der Waals surface area contributed by atoms with E-state index in [0.717, 1.165) is 17.9 Å². The van der Waals surface area contributed by atoms with Crippen molar-refractivity contribution in [3.8, 4) is 46.0 Å². The van der Waals surface area contributed by atoms with Crippen LogP contribution in [0.15, 0.2) is 266 Å². The van der Waals surface area contributed by atoms with Crippen molar-refractivity contribution in [2.24, 2.45) is 0 Å². The van der Waals surface area contributed by atoms with Gasteiger partial charge in [0.1, 0.15) is 0 Å². The van der Waals surface area contributed by atoms with Gasteiger partial charge in [-0.05, 0) is 154 Å². The van der Waals surface area contributed by atoms with Gasteiger partial charge in [-0.2, -0.15) is 0 Å². The molecule has 14 aromatic rings. The van der Waals surface area contributed by atoms with Crippen molar-refractivity contribution in [2.45, 2.75) is 18.9 Å². The van der Waals surface area contributed by atoms with E-state index in [1.807, 2.05) is 6.08 Å². The summed E-state index contributed by atoms with van der Waals surface area (Å²) in [5, 5.41) is 7.60. The number of nitrogens with one attached hydrogen (secondary N) is 1. The molecule has 79 heavy (non-hydrogen) atoms. The van der Waals surface area contributed by atoms with Crippen molar-refractivity contribution in [1.29, 1.82) is 0 Å². The molecule has 1 unspecified atom stereocenters. The van der Waals surface area contributed by atoms with E-state index < -0.39 is 5.41 Å². The third kappa shape index (κ3) is 6.45. The lowest BCUT2D eigenvalue weighted by molar-refractivity contribution is 0.763. The molecule has 11 aromatic carbocycles. The molecule has 370 valence electrons. The van der Waals surface area contributed by atoms with E-state index >= 15 is 0 Å². The minimum atomic E-state index is -0.652. The smallest absolute Gasteiger partial charge is 0.0688 e. The number of aromatic nitrogens is 3. The van der Waals surface area contributed by atoms with Crippen LogP contribution in [-0.4, -0.2) is 14.1 Å². The normalized spacial score (nSPS) is 15.0. The Balaban J connectivity index is 0.000000349. The largest absolute Gasteiger partial charge is 0.355 e. The van der Waals surface area contributed by atoms with Crippen molar-refractivity contribution in [3.05, 3.63) is 294 Å². The van der Waals surface area contributed by atoms with Crippen LogP contribution in [0.3, 0.4) is 0 Å². The molecule has 4 nitrogen and oxygen atoms in total. The lowest BCUT2D eigenvalue weighted by atomic mass is 9.70. The molecule has 4 heterocycles. The molecular formula is C75H50N4. The highest BCUT2D eigenvalue weighted by molar-refractivity contribution is 6.11. The maximum atomic E-state index is 6.03. The summed E-state index contributed by atoms with van der Waals surface area (Å²) in [6.45, 7) is 3.13. The first-order chi connectivity index (χ1) is 39.1. The monoisotopic (exact) mass is 1010 g/mol. The molecule has 0 fully saturated rings. The van der Waals surface area contributed by atoms with Gasteiger partial charge in [0, 0.05) is 78.2 Å². The highest BCUT2D eigenvalue weighted by Gasteiger charge is 2.52. The fourth-order valence-electron chi connectivity index (χ4n) is 14.0. The number of hydrogen-bond donors (Lipinski definition) is 1. The Morgan fingerprint density at radius 3 is 1.38 bits per heavy atom. The molecule has 0 radical (unpaired) electrons. The van der Waals surface area contributed by atoms with E-state index in [0.29, 0.717) is 0 Å². The number of terminal acetylenes is 1. The second-order valence-electron chi connectivity index (χ2n) is 21.2. The van der Waals surface area contributed by atoms with Crippen molar-refractivity contribution < 1.29 is 0 Å². The molecule has 0 saturated carbocycles. The Bertz CT molecular complexity index is 4830. The minimum Gasteiger partial charge on any atom is -0.355 e. The standard InChI is InChI=1S/C63H41N3.C12H9N/c1-3-4-18-45-40(2)63(56-37-43(31-34-47(45)56)65-59-26-13-8-21-51(59)52-22-9-14-27-60(52)65)55-36-42(64-39-41-17-5-6-19-46(41)50-20-7-12-25-58(50)64)30-33-48(55)49-35-32-44(38-57(49)63)66-61-28-15-10-23-53(61)54-24-11-16-29-62(54)66;1-3-7-11-9(5-1)10-6-2-4-8-12(10)13-11/h1,4-38H,39H2,2H3;1-8,13H/b18-4-;. The number of hydrogen-bond acceptors (Lipinski definition) is 1. The van der Waals surface area contributed by atoms with E-state index in [2.05, 4.69) is 287 Å². The van der Waals surface area contributed by atoms with Gasteiger partial charge in [0.05, 0.1) is 27.5 Å². The number of anilines is 2. The molecule has 3 aromatic heterocycles. The number of benzene rings is 11. The average molecular weight is 1010 g/mol. The van der Waals surface area contributed by atoms with Gasteiger partial charge in [-0.3, -0.25) is 0 Å². The maximum absolute atomic E-state index is 6.03. The summed E-state index contributed by atoms with van der Waals surface area (Å²) in [4.78, 5) is 5.89. The molecule has 1 N–H and O–H groups in total. The molecule has 1 atom stereocenters. The summed E-state index contributed by atoms with van der Waals surface area (Å²) in [5.41, 5.74) is 25.1. The van der Waals surface area contributed by atoms with Gasteiger partial charge in [-0.1, -0.05) is 176 Å². The first-order valence-corrected chi connectivity index (χ1v) is 27.2. The van der Waals surface area contributed by atoms with Crippen LogP contribution in [-0.2, 0) is 12.0 Å². The third-order valence-corrected chi connectivity index (χ3v) is 17.3. The minimum absolute atomic E-state index is 0.652. The Hall–Kier alpha value is -10.3. The summed E-state index contributed by atoms with van der Waals surface area (Å²) in [5.74, 6) is 2.84. The fraction of sp³-hybridized carbons (Fsp3) is 0.0400. The molecule has 1 spiro atoms. The number of para-hydroxylation sites is 7. The zero-order valence-corrected chi connectivity index (χ0v) is 43.5. The van der Waals surface area contributed by atoms with Gasteiger partial charge in [0.15, 0.2) is 0 Å². The van der Waals surface area contributed by atoms with Crippen molar-refractivity contribution >= 4 is 82.4 Å². The first-order valence-electron chi connectivity index (χ1n) is 27.2. The predicted molar refractivity (Wildman–Crippen MR) is 331 cm³/mol. The topological polar surface area (TPSA) is 28.9 Å². The quantitative estimate of drug-likeness (QED) is 0.175. The number of aromatic amines is 1. The second kappa shape index (κ2) is 17.3. The Morgan fingerprint density at radius 1 is 0.418 bits per heavy atom. The van der Waals surface area contributed by atoms with Crippen LogP contribution in [0.4, 0.5) is 11.4 Å². The van der Waals surface area contributed by atoms with Crippen molar-refractivity contribution in [2.75, 3.05) is 4.90 Å². The second-order valence-corrected chi connectivity index (χ2v) is 21.2. The summed E-state index contributed by atoms with van der Waals surface area (Å²) < 4.78 is 4.91. The Kier molecular flexibility index (Phi) is 9.86. The number of rotatable bonds is 4. The molecule has 17 rings (SSSR count). The molecule has 1 aliphatic heterocycles. The number of allylic oxidation sites excluding steroid dienone is 4. The summed E-state index contributed by atoms with van der Waals surface area (Å²) in [6, 6.07) is 91.3. The molecule has 0 bridgehead atoms. The average Bonchev–Trinajstić information content (AvgIpc) is 2.68. The zero-order valence-electron chi connectivity index (χ0n) is 43.5. The third-order valence-electron chi connectivity index (χ3n) is 17.3. The molecule has 2 aliphatic carbocycles. The molecular weight excluding hydrogens is 957 g/mol. The number of fused-ring (bicyclic) bond motifs is 19. The first kappa shape index (κ1) is 44.9. The Morgan fingerprint density at radius 2 is 0.835 bits per heavy atom. The van der Waals surface area contributed by atoms with Crippen LogP contribution in [0.5, 0.6) is 0 Å². The highest BCUT2D eigenvalue weighted by Crippen LogP contribution is 2.63.